The van der Waals surface area contributed by atoms with E-state index in [-0.39, 0.29) is 30.3 Å². The van der Waals surface area contributed by atoms with Crippen molar-refractivity contribution >= 4 is 28.7 Å². The number of carboxylic acid groups (broad SMARTS) is 1. The minimum Gasteiger partial charge on any atom is -0.480 e. The summed E-state index contributed by atoms with van der Waals surface area (Å²) >= 11 is 0. The number of nitrogens with zero attached hydrogens (tertiary/aromatic N) is 1. The zero-order valence-corrected chi connectivity index (χ0v) is 15.0. The fraction of sp³-hybridized carbons (Fsp3) is 0.450. The van der Waals surface area contributed by atoms with Gasteiger partial charge in [0.15, 0.2) is 0 Å². The summed E-state index contributed by atoms with van der Waals surface area (Å²) in [6.45, 7) is -0.193. The van der Waals surface area contributed by atoms with Gasteiger partial charge in [-0.1, -0.05) is 31.0 Å². The van der Waals surface area contributed by atoms with Crippen molar-refractivity contribution in [2.75, 3.05) is 6.54 Å². The molecule has 27 heavy (non-hydrogen) atoms. The first-order chi connectivity index (χ1) is 13.0. The number of para-hydroxylation sites is 1. The Labute approximate surface area is 156 Å². The molecule has 0 bridgehead atoms. The summed E-state index contributed by atoms with van der Waals surface area (Å²) in [7, 11) is 0. The van der Waals surface area contributed by atoms with Crippen molar-refractivity contribution in [1.82, 2.24) is 15.2 Å². The summed E-state index contributed by atoms with van der Waals surface area (Å²) in [5, 5.41) is 13.1. The second-order valence-corrected chi connectivity index (χ2v) is 7.46. The summed E-state index contributed by atoms with van der Waals surface area (Å²) in [5.74, 6) is -1.39. The Morgan fingerprint density at radius 2 is 1.96 bits per heavy atom. The SMILES string of the molecule is O=C(NCC(=O)N1C(C(=O)O)CC2CCCCC21)c1cc2ccccc2[nH]1. The van der Waals surface area contributed by atoms with Gasteiger partial charge in [-0.05, 0) is 37.3 Å². The third-order valence-electron chi connectivity index (χ3n) is 5.84. The molecule has 2 aromatic rings. The predicted molar refractivity (Wildman–Crippen MR) is 99.3 cm³/mol. The van der Waals surface area contributed by atoms with Gasteiger partial charge in [-0.25, -0.2) is 4.79 Å². The smallest absolute Gasteiger partial charge is 0.326 e. The van der Waals surface area contributed by atoms with Crippen LogP contribution in [0.25, 0.3) is 10.9 Å². The van der Waals surface area contributed by atoms with Crippen molar-refractivity contribution in [3.8, 4) is 0 Å². The molecule has 142 valence electrons. The molecule has 1 aliphatic carbocycles. The van der Waals surface area contributed by atoms with Crippen LogP contribution in [0.5, 0.6) is 0 Å². The molecular formula is C20H23N3O4. The second kappa shape index (κ2) is 7.06. The van der Waals surface area contributed by atoms with Gasteiger partial charge in [0, 0.05) is 16.9 Å². The predicted octanol–water partition coefficient (Wildman–Crippen LogP) is 2.14. The first-order valence-corrected chi connectivity index (χ1v) is 9.44. The van der Waals surface area contributed by atoms with E-state index in [4.69, 9.17) is 0 Å². The molecule has 2 amide bonds. The van der Waals surface area contributed by atoms with Crippen molar-refractivity contribution in [2.45, 2.75) is 44.2 Å². The number of rotatable bonds is 4. The van der Waals surface area contributed by atoms with Crippen LogP contribution in [0.3, 0.4) is 0 Å². The topological polar surface area (TPSA) is 102 Å². The van der Waals surface area contributed by atoms with Crippen molar-refractivity contribution in [1.29, 1.82) is 0 Å². The summed E-state index contributed by atoms with van der Waals surface area (Å²) < 4.78 is 0. The third-order valence-corrected chi connectivity index (χ3v) is 5.84. The minimum atomic E-state index is -0.959. The number of hydrogen-bond acceptors (Lipinski definition) is 3. The zero-order valence-electron chi connectivity index (χ0n) is 15.0. The fourth-order valence-electron chi connectivity index (χ4n) is 4.58. The number of aliphatic carboxylic acids is 1. The Hall–Kier alpha value is -2.83. The Balaban J connectivity index is 1.44. The molecule has 7 heteroatoms. The third kappa shape index (κ3) is 3.29. The van der Waals surface area contributed by atoms with E-state index in [1.807, 2.05) is 24.3 Å². The van der Waals surface area contributed by atoms with Gasteiger partial charge in [-0.3, -0.25) is 9.59 Å². The number of hydrogen-bond donors (Lipinski definition) is 3. The van der Waals surface area contributed by atoms with Crippen LogP contribution >= 0.6 is 0 Å². The zero-order chi connectivity index (χ0) is 19.0. The van der Waals surface area contributed by atoms with Crippen LogP contribution in [-0.4, -0.2) is 51.4 Å². The molecule has 1 saturated carbocycles. The highest BCUT2D eigenvalue weighted by molar-refractivity contribution is 5.99. The molecule has 3 N–H and O–H groups in total. The Bertz CT molecular complexity index is 857. The first kappa shape index (κ1) is 17.6. The lowest BCUT2D eigenvalue weighted by molar-refractivity contribution is -0.149. The number of nitrogens with one attached hydrogen (secondary N) is 2. The number of carboxylic acids is 1. The van der Waals surface area contributed by atoms with E-state index in [1.165, 1.54) is 4.90 Å². The molecule has 0 spiro atoms. The molecule has 3 atom stereocenters. The Morgan fingerprint density at radius 3 is 2.74 bits per heavy atom. The number of carbonyl (C=O) groups excluding carboxylic acids is 2. The van der Waals surface area contributed by atoms with Crippen molar-refractivity contribution in [2.24, 2.45) is 5.92 Å². The number of benzene rings is 1. The molecule has 2 fully saturated rings. The fourth-order valence-corrected chi connectivity index (χ4v) is 4.58. The summed E-state index contributed by atoms with van der Waals surface area (Å²) in [5.41, 5.74) is 1.24. The van der Waals surface area contributed by atoms with Crippen LogP contribution in [0.2, 0.25) is 0 Å². The van der Waals surface area contributed by atoms with Gasteiger partial charge in [-0.2, -0.15) is 0 Å². The quantitative estimate of drug-likeness (QED) is 0.768. The maximum atomic E-state index is 12.8. The lowest BCUT2D eigenvalue weighted by Crippen LogP contribution is -2.50. The van der Waals surface area contributed by atoms with E-state index >= 15 is 0 Å². The normalized spacial score (nSPS) is 24.6. The number of likely N-dealkylation sites (tertiary alicyclic amines) is 1. The number of amides is 2. The summed E-state index contributed by atoms with van der Waals surface area (Å²) in [4.78, 5) is 41.3. The maximum absolute atomic E-state index is 12.8. The lowest BCUT2D eigenvalue weighted by atomic mass is 9.85. The molecule has 2 heterocycles. The van der Waals surface area contributed by atoms with Gasteiger partial charge in [0.05, 0.1) is 6.54 Å². The van der Waals surface area contributed by atoms with E-state index in [9.17, 15) is 19.5 Å². The molecular weight excluding hydrogens is 346 g/mol. The van der Waals surface area contributed by atoms with Crippen LogP contribution in [0.1, 0.15) is 42.6 Å². The summed E-state index contributed by atoms with van der Waals surface area (Å²) in [6.07, 6.45) is 4.43. The number of fused-ring (bicyclic) bond motifs is 2. The highest BCUT2D eigenvalue weighted by atomic mass is 16.4. The molecule has 1 aliphatic heterocycles. The molecule has 2 aliphatic rings. The number of carbonyl (C=O) groups is 3. The first-order valence-electron chi connectivity index (χ1n) is 9.44. The van der Waals surface area contributed by atoms with Crippen molar-refractivity contribution < 1.29 is 19.5 Å². The standard InChI is InChI=1S/C20H23N3O4/c24-18(23-16-8-4-2-6-13(16)10-17(23)20(26)27)11-21-19(25)15-9-12-5-1-3-7-14(12)22-15/h1,3,5,7,9,13,16-17,22H,2,4,6,8,10-11H2,(H,21,25)(H,26,27). The monoisotopic (exact) mass is 369 g/mol. The van der Waals surface area contributed by atoms with Gasteiger partial charge in [0.25, 0.3) is 5.91 Å². The molecule has 7 nitrogen and oxygen atoms in total. The largest absolute Gasteiger partial charge is 0.480 e. The molecule has 1 saturated heterocycles. The molecule has 4 rings (SSSR count). The van der Waals surface area contributed by atoms with Crippen molar-refractivity contribution in [3.05, 3.63) is 36.0 Å². The lowest BCUT2D eigenvalue weighted by Gasteiger charge is -2.33. The summed E-state index contributed by atoms with van der Waals surface area (Å²) in [6, 6.07) is 8.49. The highest BCUT2D eigenvalue weighted by Crippen LogP contribution is 2.39. The number of aromatic amines is 1. The number of aromatic nitrogens is 1. The van der Waals surface area contributed by atoms with E-state index in [0.717, 1.165) is 36.6 Å². The van der Waals surface area contributed by atoms with Gasteiger partial charge in [-0.15, -0.1) is 0 Å². The van der Waals surface area contributed by atoms with Crippen LogP contribution in [0.15, 0.2) is 30.3 Å². The molecule has 1 aromatic carbocycles. The van der Waals surface area contributed by atoms with E-state index in [0.29, 0.717) is 12.1 Å². The van der Waals surface area contributed by atoms with Crippen LogP contribution in [0.4, 0.5) is 0 Å². The number of H-pyrrole nitrogens is 1. The van der Waals surface area contributed by atoms with Gasteiger partial charge < -0.3 is 20.3 Å². The van der Waals surface area contributed by atoms with Crippen LogP contribution in [-0.2, 0) is 9.59 Å². The van der Waals surface area contributed by atoms with Crippen LogP contribution in [0, 0.1) is 5.92 Å². The molecule has 0 radical (unpaired) electrons. The maximum Gasteiger partial charge on any atom is 0.326 e. The highest BCUT2D eigenvalue weighted by Gasteiger charge is 2.47. The second-order valence-electron chi connectivity index (χ2n) is 7.46. The Morgan fingerprint density at radius 1 is 1.19 bits per heavy atom. The minimum absolute atomic E-state index is 0.0164. The molecule has 1 aromatic heterocycles. The average molecular weight is 369 g/mol. The average Bonchev–Trinajstić information content (AvgIpc) is 3.27. The Kier molecular flexibility index (Phi) is 4.59. The van der Waals surface area contributed by atoms with E-state index < -0.39 is 12.0 Å². The van der Waals surface area contributed by atoms with E-state index in [2.05, 4.69) is 10.3 Å². The van der Waals surface area contributed by atoms with Crippen molar-refractivity contribution in [3.63, 3.8) is 0 Å². The molecule has 3 unspecified atom stereocenters. The van der Waals surface area contributed by atoms with Gasteiger partial charge in [0.1, 0.15) is 11.7 Å². The van der Waals surface area contributed by atoms with Gasteiger partial charge >= 0.3 is 5.97 Å². The van der Waals surface area contributed by atoms with E-state index in [1.54, 1.807) is 6.07 Å². The van der Waals surface area contributed by atoms with Crippen LogP contribution < -0.4 is 5.32 Å². The van der Waals surface area contributed by atoms with Gasteiger partial charge in [0.2, 0.25) is 5.91 Å².